The van der Waals surface area contributed by atoms with Crippen LogP contribution < -0.4 is 16.0 Å². The van der Waals surface area contributed by atoms with Crippen molar-refractivity contribution in [2.24, 2.45) is 0 Å². The maximum absolute atomic E-state index is 10.3. The number of barbiturate groups is 1. The molecule has 0 saturated carbocycles. The van der Waals surface area contributed by atoms with E-state index in [2.05, 4.69) is 29.6 Å². The molecule has 3 N–H and O–H groups in total. The molecule has 6 heteroatoms. The molecule has 1 aromatic rings. The summed E-state index contributed by atoms with van der Waals surface area (Å²) in [6.45, 7) is 1.14. The lowest BCUT2D eigenvalue weighted by Crippen LogP contribution is -2.49. The first-order chi connectivity index (χ1) is 9.15. The highest BCUT2D eigenvalue weighted by Gasteiger charge is 2.20. The van der Waals surface area contributed by atoms with Gasteiger partial charge in [0.1, 0.15) is 6.42 Å². The van der Waals surface area contributed by atoms with E-state index in [0.29, 0.717) is 0 Å². The Labute approximate surface area is 110 Å². The van der Waals surface area contributed by atoms with Crippen molar-refractivity contribution in [1.82, 2.24) is 10.6 Å². The number of anilines is 1. The molecular weight excluding hydrogens is 246 g/mol. The van der Waals surface area contributed by atoms with Gasteiger partial charge >= 0.3 is 6.03 Å². The van der Waals surface area contributed by atoms with Gasteiger partial charge < -0.3 is 5.32 Å². The number of amides is 4. The number of urea groups is 1. The highest BCUT2D eigenvalue weighted by Crippen LogP contribution is 2.20. The third-order valence-electron chi connectivity index (χ3n) is 2.78. The molecule has 2 aliphatic heterocycles. The zero-order valence-corrected chi connectivity index (χ0v) is 10.4. The van der Waals surface area contributed by atoms with Crippen molar-refractivity contribution in [2.45, 2.75) is 19.3 Å². The lowest BCUT2D eigenvalue weighted by atomic mass is 10.0. The molecule has 100 valence electrons. The molecule has 6 nitrogen and oxygen atoms in total. The summed E-state index contributed by atoms with van der Waals surface area (Å²) in [4.78, 5) is 30.8. The number of imide groups is 2. The Kier molecular flexibility index (Phi) is 4.12. The number of para-hydroxylation sites is 1. The number of aryl methyl sites for hydroxylation is 1. The second-order valence-corrected chi connectivity index (χ2v) is 4.29. The van der Waals surface area contributed by atoms with Gasteiger partial charge in [-0.25, -0.2) is 4.79 Å². The molecule has 1 saturated heterocycles. The van der Waals surface area contributed by atoms with E-state index in [9.17, 15) is 14.4 Å². The molecular formula is C13H15N3O3. The zero-order valence-electron chi connectivity index (χ0n) is 10.4. The van der Waals surface area contributed by atoms with Gasteiger partial charge in [-0.05, 0) is 24.5 Å². The summed E-state index contributed by atoms with van der Waals surface area (Å²) in [5.74, 6) is -1.10. The summed E-state index contributed by atoms with van der Waals surface area (Å²) in [6, 6.07) is 7.79. The number of fused-ring (bicyclic) bond motifs is 1. The molecule has 0 radical (unpaired) electrons. The van der Waals surface area contributed by atoms with E-state index in [4.69, 9.17) is 0 Å². The molecule has 0 unspecified atom stereocenters. The smallest absolute Gasteiger partial charge is 0.328 e. The van der Waals surface area contributed by atoms with Crippen molar-refractivity contribution in [3.05, 3.63) is 29.8 Å². The molecule has 0 bridgehead atoms. The first-order valence-electron chi connectivity index (χ1n) is 6.10. The summed E-state index contributed by atoms with van der Waals surface area (Å²) in [7, 11) is 0. The number of rotatable bonds is 0. The molecule has 1 aromatic carbocycles. The summed E-state index contributed by atoms with van der Waals surface area (Å²) < 4.78 is 0. The van der Waals surface area contributed by atoms with Crippen LogP contribution in [0.2, 0.25) is 0 Å². The summed E-state index contributed by atoms with van der Waals surface area (Å²) >= 11 is 0. The van der Waals surface area contributed by atoms with Gasteiger partial charge in [-0.3, -0.25) is 20.2 Å². The molecule has 3 rings (SSSR count). The van der Waals surface area contributed by atoms with Gasteiger partial charge in [-0.1, -0.05) is 18.2 Å². The highest BCUT2D eigenvalue weighted by atomic mass is 16.2. The lowest BCUT2D eigenvalue weighted by molar-refractivity contribution is -0.129. The number of hydrogen-bond donors (Lipinski definition) is 3. The van der Waals surface area contributed by atoms with Crippen LogP contribution in [0.25, 0.3) is 0 Å². The fourth-order valence-electron chi connectivity index (χ4n) is 1.93. The molecule has 1 fully saturated rings. The van der Waals surface area contributed by atoms with Gasteiger partial charge in [0.05, 0.1) is 0 Å². The first-order valence-corrected chi connectivity index (χ1v) is 6.10. The normalized spacial score (nSPS) is 17.2. The molecule has 0 atom stereocenters. The van der Waals surface area contributed by atoms with E-state index in [0.717, 1.165) is 6.54 Å². The van der Waals surface area contributed by atoms with E-state index in [1.165, 1.54) is 24.1 Å². The van der Waals surface area contributed by atoms with Crippen LogP contribution in [0, 0.1) is 0 Å². The minimum atomic E-state index is -0.740. The Balaban J connectivity index is 0.000000141. The number of benzene rings is 1. The van der Waals surface area contributed by atoms with Gasteiger partial charge in [0.15, 0.2) is 0 Å². The Morgan fingerprint density at radius 1 is 0.947 bits per heavy atom. The maximum atomic E-state index is 10.3. The topological polar surface area (TPSA) is 87.3 Å². The van der Waals surface area contributed by atoms with Gasteiger partial charge in [-0.15, -0.1) is 0 Å². The number of nitrogens with one attached hydrogen (secondary N) is 3. The fourth-order valence-corrected chi connectivity index (χ4v) is 1.93. The molecule has 4 amide bonds. The summed E-state index contributed by atoms with van der Waals surface area (Å²) in [5, 5.41) is 7.16. The standard InChI is InChI=1S/C9H11N.C4H4N2O3/c1-2-6-9-8(4-1)5-3-7-10-9;7-2-1-3(8)6-4(9)5-2/h1-2,4,6,10H,3,5,7H2;1H2,(H2,5,6,7,8,9). The second kappa shape index (κ2) is 5.99. The van der Waals surface area contributed by atoms with Gasteiger partial charge in [0.2, 0.25) is 11.8 Å². The fraction of sp³-hybridized carbons (Fsp3) is 0.308. The van der Waals surface area contributed by atoms with Crippen LogP contribution in [0.3, 0.4) is 0 Å². The van der Waals surface area contributed by atoms with Crippen LogP contribution in [0.15, 0.2) is 24.3 Å². The van der Waals surface area contributed by atoms with Gasteiger partial charge in [0, 0.05) is 12.2 Å². The third kappa shape index (κ3) is 3.80. The minimum Gasteiger partial charge on any atom is -0.385 e. The van der Waals surface area contributed by atoms with E-state index in [1.807, 2.05) is 10.6 Å². The SMILES string of the molecule is O=C1CC(=O)NC(=O)N1.c1ccc2c(c1)CCCN2. The van der Waals surface area contributed by atoms with E-state index >= 15 is 0 Å². The van der Waals surface area contributed by atoms with Crippen molar-refractivity contribution < 1.29 is 14.4 Å². The van der Waals surface area contributed by atoms with Crippen LogP contribution in [0.4, 0.5) is 10.5 Å². The quantitative estimate of drug-likeness (QED) is 0.602. The molecule has 0 aliphatic carbocycles. The predicted octanol–water partition coefficient (Wildman–Crippen LogP) is 0.787. The molecule has 0 spiro atoms. The van der Waals surface area contributed by atoms with Crippen molar-refractivity contribution in [3.8, 4) is 0 Å². The number of carbonyl (C=O) groups excluding carboxylic acids is 3. The Morgan fingerprint density at radius 2 is 1.63 bits per heavy atom. The van der Waals surface area contributed by atoms with E-state index in [-0.39, 0.29) is 6.42 Å². The molecule has 0 aromatic heterocycles. The number of hydrogen-bond acceptors (Lipinski definition) is 4. The number of carbonyl (C=O) groups is 3. The Hall–Kier alpha value is -2.37. The van der Waals surface area contributed by atoms with Crippen LogP contribution in [-0.2, 0) is 16.0 Å². The molecule has 2 heterocycles. The van der Waals surface area contributed by atoms with Crippen LogP contribution >= 0.6 is 0 Å². The average Bonchev–Trinajstić information content (AvgIpc) is 2.38. The Bertz CT molecular complexity index is 443. The second-order valence-electron chi connectivity index (χ2n) is 4.29. The van der Waals surface area contributed by atoms with Gasteiger partial charge in [0.25, 0.3) is 0 Å². The predicted molar refractivity (Wildman–Crippen MR) is 69.6 cm³/mol. The van der Waals surface area contributed by atoms with Crippen molar-refractivity contribution >= 4 is 23.5 Å². The van der Waals surface area contributed by atoms with Crippen molar-refractivity contribution in [1.29, 1.82) is 0 Å². The van der Waals surface area contributed by atoms with Crippen LogP contribution in [0.1, 0.15) is 18.4 Å². The maximum Gasteiger partial charge on any atom is 0.328 e. The Morgan fingerprint density at radius 3 is 2.26 bits per heavy atom. The largest absolute Gasteiger partial charge is 0.385 e. The third-order valence-corrected chi connectivity index (χ3v) is 2.78. The average molecular weight is 261 g/mol. The van der Waals surface area contributed by atoms with Gasteiger partial charge in [-0.2, -0.15) is 0 Å². The van der Waals surface area contributed by atoms with Crippen molar-refractivity contribution in [3.63, 3.8) is 0 Å². The van der Waals surface area contributed by atoms with Crippen molar-refractivity contribution in [2.75, 3.05) is 11.9 Å². The van der Waals surface area contributed by atoms with Crippen LogP contribution in [0.5, 0.6) is 0 Å². The van der Waals surface area contributed by atoms with E-state index in [1.54, 1.807) is 0 Å². The highest BCUT2D eigenvalue weighted by molar-refractivity contribution is 6.14. The lowest BCUT2D eigenvalue weighted by Gasteiger charge is -2.16. The van der Waals surface area contributed by atoms with Crippen LogP contribution in [-0.4, -0.2) is 24.4 Å². The monoisotopic (exact) mass is 261 g/mol. The first kappa shape index (κ1) is 13.1. The summed E-state index contributed by atoms with van der Waals surface area (Å²) in [6.07, 6.45) is 2.26. The van der Waals surface area contributed by atoms with E-state index < -0.39 is 17.8 Å². The molecule has 2 aliphatic rings. The summed E-state index contributed by atoms with van der Waals surface area (Å²) in [5.41, 5.74) is 2.79. The minimum absolute atomic E-state index is 0.258. The zero-order chi connectivity index (χ0) is 13.7. The molecule has 19 heavy (non-hydrogen) atoms.